The first-order chi connectivity index (χ1) is 9.25. The minimum absolute atomic E-state index is 0.0873. The maximum Gasteiger partial charge on any atom is 0.236 e. The Hall–Kier alpha value is -1.94. The summed E-state index contributed by atoms with van der Waals surface area (Å²) < 4.78 is 5.60. The number of imide groups is 1. The van der Waals surface area contributed by atoms with Gasteiger partial charge >= 0.3 is 0 Å². The molecule has 3 aliphatic heterocycles. The first kappa shape index (κ1) is 10.9. The Balaban J connectivity index is 1.62. The summed E-state index contributed by atoms with van der Waals surface area (Å²) in [6.07, 6.45) is 3.41. The van der Waals surface area contributed by atoms with Gasteiger partial charge in [-0.2, -0.15) is 0 Å². The van der Waals surface area contributed by atoms with E-state index >= 15 is 0 Å². The number of hydrogen-bond donors (Lipinski definition) is 0. The van der Waals surface area contributed by atoms with Crippen LogP contribution in [-0.2, 0) is 20.9 Å². The van der Waals surface area contributed by atoms with E-state index in [0.717, 1.165) is 5.56 Å². The van der Waals surface area contributed by atoms with Crippen LogP contribution in [0.4, 0.5) is 0 Å². The summed E-state index contributed by atoms with van der Waals surface area (Å²) in [6, 6.07) is 9.60. The van der Waals surface area contributed by atoms with Crippen molar-refractivity contribution in [3.8, 4) is 0 Å². The van der Waals surface area contributed by atoms with Crippen LogP contribution in [0.5, 0.6) is 0 Å². The van der Waals surface area contributed by atoms with Gasteiger partial charge in [-0.3, -0.25) is 14.5 Å². The standard InChI is InChI=1S/C15H13NO3/c17-14-12-10-6-7-11(19-10)13(12)15(18)16(14)8-9-4-2-1-3-5-9/h1-7,10-13H,8H2/t10-,11+,12-,13-/m1/s1. The van der Waals surface area contributed by atoms with Gasteiger partial charge in [0.15, 0.2) is 0 Å². The molecular weight excluding hydrogens is 242 g/mol. The molecule has 4 nitrogen and oxygen atoms in total. The van der Waals surface area contributed by atoms with Crippen molar-refractivity contribution < 1.29 is 14.3 Å². The Morgan fingerprint density at radius 2 is 1.53 bits per heavy atom. The van der Waals surface area contributed by atoms with Crippen LogP contribution < -0.4 is 0 Å². The molecule has 0 aromatic heterocycles. The van der Waals surface area contributed by atoms with Crippen molar-refractivity contribution >= 4 is 11.8 Å². The Morgan fingerprint density at radius 3 is 2.11 bits per heavy atom. The Morgan fingerprint density at radius 1 is 0.947 bits per heavy atom. The molecule has 2 fully saturated rings. The third-order valence-corrected chi connectivity index (χ3v) is 4.19. The Kier molecular flexibility index (Phi) is 2.17. The maximum absolute atomic E-state index is 12.4. The average molecular weight is 255 g/mol. The second-order valence-electron chi connectivity index (χ2n) is 5.25. The zero-order valence-corrected chi connectivity index (χ0v) is 10.2. The molecule has 0 N–H and O–H groups in total. The second-order valence-corrected chi connectivity index (χ2v) is 5.25. The summed E-state index contributed by atoms with van der Waals surface area (Å²) in [4.78, 5) is 26.2. The molecule has 0 spiro atoms. The molecule has 1 aromatic carbocycles. The molecular formula is C15H13NO3. The monoisotopic (exact) mass is 255 g/mol. The van der Waals surface area contributed by atoms with Crippen molar-refractivity contribution in [1.29, 1.82) is 0 Å². The average Bonchev–Trinajstić information content (AvgIpc) is 3.10. The van der Waals surface area contributed by atoms with Gasteiger partial charge in [-0.15, -0.1) is 0 Å². The molecule has 4 atom stereocenters. The number of likely N-dealkylation sites (tertiary alicyclic amines) is 1. The van der Waals surface area contributed by atoms with Crippen LogP contribution in [-0.4, -0.2) is 28.9 Å². The Bertz CT molecular complexity index is 550. The fourth-order valence-electron chi connectivity index (χ4n) is 3.29. The largest absolute Gasteiger partial charge is 0.365 e. The van der Waals surface area contributed by atoms with Gasteiger partial charge < -0.3 is 4.74 Å². The summed E-state index contributed by atoms with van der Waals surface area (Å²) in [5.41, 5.74) is 0.977. The summed E-state index contributed by atoms with van der Waals surface area (Å²) in [5, 5.41) is 0. The topological polar surface area (TPSA) is 46.6 Å². The molecule has 2 saturated heterocycles. The lowest BCUT2D eigenvalue weighted by atomic mass is 9.85. The third kappa shape index (κ3) is 1.43. The van der Waals surface area contributed by atoms with E-state index in [1.807, 2.05) is 42.5 Å². The van der Waals surface area contributed by atoms with Gasteiger partial charge in [0.05, 0.1) is 30.6 Å². The molecule has 0 unspecified atom stereocenters. The van der Waals surface area contributed by atoms with E-state index in [9.17, 15) is 9.59 Å². The van der Waals surface area contributed by atoms with Crippen LogP contribution in [0.2, 0.25) is 0 Å². The minimum Gasteiger partial charge on any atom is -0.365 e. The van der Waals surface area contributed by atoms with Gasteiger partial charge in [-0.05, 0) is 5.56 Å². The van der Waals surface area contributed by atoms with Gasteiger partial charge in [0.2, 0.25) is 11.8 Å². The highest BCUT2D eigenvalue weighted by molar-refractivity contribution is 6.06. The number of fused-ring (bicyclic) bond motifs is 5. The lowest BCUT2D eigenvalue weighted by molar-refractivity contribution is -0.143. The zero-order chi connectivity index (χ0) is 13.0. The first-order valence-electron chi connectivity index (χ1n) is 6.48. The number of benzene rings is 1. The van der Waals surface area contributed by atoms with Gasteiger partial charge in [0, 0.05) is 0 Å². The summed E-state index contributed by atoms with van der Waals surface area (Å²) in [5.74, 6) is -0.774. The van der Waals surface area contributed by atoms with Crippen molar-refractivity contribution in [2.75, 3.05) is 0 Å². The van der Waals surface area contributed by atoms with E-state index in [1.165, 1.54) is 4.90 Å². The molecule has 2 amide bonds. The highest BCUT2D eigenvalue weighted by Gasteiger charge is 2.60. The zero-order valence-electron chi connectivity index (χ0n) is 10.2. The van der Waals surface area contributed by atoms with E-state index in [0.29, 0.717) is 6.54 Å². The summed E-state index contributed by atoms with van der Waals surface area (Å²) >= 11 is 0. The van der Waals surface area contributed by atoms with E-state index < -0.39 is 0 Å². The van der Waals surface area contributed by atoms with Crippen molar-refractivity contribution in [3.63, 3.8) is 0 Å². The molecule has 96 valence electrons. The number of nitrogens with zero attached hydrogens (tertiary/aromatic N) is 1. The maximum atomic E-state index is 12.4. The normalized spacial score (nSPS) is 35.3. The molecule has 4 rings (SSSR count). The number of amides is 2. The number of hydrogen-bond acceptors (Lipinski definition) is 3. The summed E-state index contributed by atoms with van der Waals surface area (Å²) in [7, 11) is 0. The highest BCUT2D eigenvalue weighted by Crippen LogP contribution is 2.45. The fraction of sp³-hybridized carbons (Fsp3) is 0.333. The van der Waals surface area contributed by atoms with Crippen LogP contribution in [0.15, 0.2) is 42.5 Å². The lowest BCUT2D eigenvalue weighted by Gasteiger charge is -2.17. The van der Waals surface area contributed by atoms with Crippen LogP contribution in [0, 0.1) is 11.8 Å². The molecule has 0 aliphatic carbocycles. The quantitative estimate of drug-likeness (QED) is 0.588. The third-order valence-electron chi connectivity index (χ3n) is 4.19. The molecule has 0 saturated carbocycles. The van der Waals surface area contributed by atoms with Gasteiger partial charge in [-0.1, -0.05) is 42.5 Å². The molecule has 2 bridgehead atoms. The van der Waals surface area contributed by atoms with E-state index in [-0.39, 0.29) is 35.9 Å². The summed E-state index contributed by atoms with van der Waals surface area (Å²) in [6.45, 7) is 0.366. The predicted molar refractivity (Wildman–Crippen MR) is 66.8 cm³/mol. The van der Waals surface area contributed by atoms with E-state index in [4.69, 9.17) is 4.74 Å². The van der Waals surface area contributed by atoms with Crippen LogP contribution in [0.1, 0.15) is 5.56 Å². The first-order valence-corrected chi connectivity index (χ1v) is 6.48. The van der Waals surface area contributed by atoms with E-state index in [1.54, 1.807) is 0 Å². The lowest BCUT2D eigenvalue weighted by Crippen LogP contribution is -2.33. The minimum atomic E-state index is -0.300. The van der Waals surface area contributed by atoms with Gasteiger partial charge in [0.25, 0.3) is 0 Å². The van der Waals surface area contributed by atoms with Crippen molar-refractivity contribution in [3.05, 3.63) is 48.0 Å². The molecule has 3 heterocycles. The fourth-order valence-corrected chi connectivity index (χ4v) is 3.29. The van der Waals surface area contributed by atoms with Gasteiger partial charge in [-0.25, -0.2) is 0 Å². The smallest absolute Gasteiger partial charge is 0.236 e. The van der Waals surface area contributed by atoms with E-state index in [2.05, 4.69) is 0 Å². The van der Waals surface area contributed by atoms with Crippen molar-refractivity contribution in [1.82, 2.24) is 4.90 Å². The highest BCUT2D eigenvalue weighted by atomic mass is 16.5. The molecule has 1 aromatic rings. The molecule has 4 heteroatoms. The van der Waals surface area contributed by atoms with Crippen LogP contribution >= 0.6 is 0 Å². The second kappa shape index (κ2) is 3.78. The number of rotatable bonds is 2. The SMILES string of the molecule is O=C1[C@H]2[C@H](C(=O)N1Cc1ccccc1)[C@H]1C=C[C@@H]2O1. The van der Waals surface area contributed by atoms with Crippen LogP contribution in [0.3, 0.4) is 0 Å². The number of carbonyl (C=O) groups is 2. The number of carbonyl (C=O) groups excluding carboxylic acids is 2. The van der Waals surface area contributed by atoms with Crippen LogP contribution in [0.25, 0.3) is 0 Å². The van der Waals surface area contributed by atoms with Crippen molar-refractivity contribution in [2.45, 2.75) is 18.8 Å². The molecule has 0 radical (unpaired) electrons. The molecule has 19 heavy (non-hydrogen) atoms. The molecule has 3 aliphatic rings. The van der Waals surface area contributed by atoms with Crippen molar-refractivity contribution in [2.24, 2.45) is 11.8 Å². The Labute approximate surface area is 110 Å². The number of ether oxygens (including phenoxy) is 1. The van der Waals surface area contributed by atoms with Gasteiger partial charge in [0.1, 0.15) is 0 Å². The predicted octanol–water partition coefficient (Wildman–Crippen LogP) is 1.12.